The third-order valence-corrected chi connectivity index (χ3v) is 14.6. The molecule has 19 heteroatoms. The molecule has 9 rings (SSSR count). The molecule has 0 bridgehead atoms. The van der Waals surface area contributed by atoms with Crippen molar-refractivity contribution in [2.24, 2.45) is 11.3 Å². The van der Waals surface area contributed by atoms with E-state index in [1.807, 2.05) is 62.6 Å². The second-order valence-corrected chi connectivity index (χ2v) is 24.0. The molecule has 5 aromatic heterocycles. The third kappa shape index (κ3) is 28.6. The summed E-state index contributed by atoms with van der Waals surface area (Å²) in [5.74, 6) is -3.20. The first-order valence-electron chi connectivity index (χ1n) is 30.0. The molecule has 0 amide bonds. The number of rotatable bonds is 17. The normalized spacial score (nSPS) is 11.8. The van der Waals surface area contributed by atoms with Crippen LogP contribution < -0.4 is 5.32 Å². The number of benzene rings is 4. The number of aryl methyl sites for hydroxylation is 1. The Kier molecular flexibility index (Phi) is 38.0. The largest absolute Gasteiger partial charge is 0.512 e. The summed E-state index contributed by atoms with van der Waals surface area (Å²) < 4.78 is 74.0. The van der Waals surface area contributed by atoms with Crippen LogP contribution in [-0.2, 0) is 98.0 Å². The summed E-state index contributed by atoms with van der Waals surface area (Å²) in [7, 11) is 0. The zero-order valence-electron chi connectivity index (χ0n) is 54.7. The molecule has 0 saturated heterocycles. The van der Waals surface area contributed by atoms with Gasteiger partial charge >= 0.3 is 6.18 Å². The second kappa shape index (κ2) is 41.7. The molecular formula is C75H81F6Ir3N7O2Pt-4. The van der Waals surface area contributed by atoms with Crippen molar-refractivity contribution in [3.63, 3.8) is 0 Å². The fraction of sp³-hybridized carbons (Fsp3) is 0.320. The van der Waals surface area contributed by atoms with Crippen LogP contribution in [0.1, 0.15) is 155 Å². The van der Waals surface area contributed by atoms with E-state index in [1.54, 1.807) is 12.3 Å². The number of aliphatic hydroxyl groups is 1. The van der Waals surface area contributed by atoms with Gasteiger partial charge in [-0.15, -0.1) is 47.5 Å². The number of nitrogens with zero attached hydrogens (tertiary/aromatic N) is 5. The van der Waals surface area contributed by atoms with E-state index in [-0.39, 0.29) is 110 Å². The number of fused-ring (bicyclic) bond motifs is 2. The number of allylic oxidation sites excluding steroid dienone is 3. The van der Waals surface area contributed by atoms with E-state index in [9.17, 15) is 31.1 Å². The molecule has 3 radical (unpaired) electrons. The molecule has 0 aliphatic rings. The molecule has 511 valence electrons. The summed E-state index contributed by atoms with van der Waals surface area (Å²) in [5.41, 5.74) is 8.32. The maximum atomic E-state index is 13.9. The Labute approximate surface area is 606 Å². The Balaban J connectivity index is 0.000000598. The standard InChI is InChI=1S/C25H24N.C18H22N.C14H12F3N2.C13H18N3.C5H5F3O2.3Ir.Pt/c1-25(2,3)13-12-18-8-9-21-16-24(26-17-23(21)14-18)22-11-10-19-6-4-5-7-20(19)15-22;1-5-14(2)15-11-12-19-17(13-15)18(3,4)16-9-7-6-8-10-16;1-3-8(2)10-7-18-12(6-11(10)15)9-4-5-13(16)19-14(9)17;1-11(2)6-7-12(14)8-10-16-13-5-3-4-9-15-13;1-3(9)2-4(10)5(6,7)8;;;;/h4-10,14-17H,12-13H2,1-3H3;6-9,11-14H,5H2,1-4H3;5-8H,3H2,1-2H3;3-5,8-9,11,14H,6-7H2,1-2H3,(H,15,16);2,9H,1H3;;;;/q4*-1;;;;;. The molecule has 0 fully saturated rings. The Hall–Kier alpha value is -6.21. The monoisotopic (exact) mass is 2000 g/mol. The van der Waals surface area contributed by atoms with E-state index >= 15 is 0 Å². The Bertz CT molecular complexity index is 3830. The summed E-state index contributed by atoms with van der Waals surface area (Å²) in [5, 5.41) is 23.7. The number of hydrogen-bond acceptors (Lipinski definition) is 9. The van der Waals surface area contributed by atoms with Crippen LogP contribution >= 0.6 is 0 Å². The number of aromatic nitrogens is 5. The summed E-state index contributed by atoms with van der Waals surface area (Å²) in [6, 6.07) is 50.8. The summed E-state index contributed by atoms with van der Waals surface area (Å²) in [6.07, 6.45) is 12.9. The summed E-state index contributed by atoms with van der Waals surface area (Å²) in [6.45, 7) is 24.9. The van der Waals surface area contributed by atoms with Gasteiger partial charge in [0.2, 0.25) is 0 Å². The second-order valence-electron chi connectivity index (χ2n) is 24.0. The van der Waals surface area contributed by atoms with Crippen molar-refractivity contribution in [1.82, 2.24) is 24.9 Å². The van der Waals surface area contributed by atoms with E-state index in [2.05, 4.69) is 191 Å². The summed E-state index contributed by atoms with van der Waals surface area (Å²) >= 11 is 0. The van der Waals surface area contributed by atoms with Gasteiger partial charge < -0.3 is 30.8 Å². The third-order valence-electron chi connectivity index (χ3n) is 14.6. The number of carbonyl (C=O) groups is 1. The van der Waals surface area contributed by atoms with Crippen molar-refractivity contribution in [1.29, 1.82) is 5.41 Å². The van der Waals surface area contributed by atoms with Crippen molar-refractivity contribution in [2.75, 3.05) is 5.32 Å². The molecule has 94 heavy (non-hydrogen) atoms. The first kappa shape index (κ1) is 85.8. The van der Waals surface area contributed by atoms with Gasteiger partial charge in [-0.1, -0.05) is 166 Å². The number of alkyl halides is 3. The molecule has 0 spiro atoms. The minimum Gasteiger partial charge on any atom is -0.512 e. The topological polar surface area (TPSA) is 138 Å². The average molecular weight is 2000 g/mol. The van der Waals surface area contributed by atoms with E-state index < -0.39 is 35.4 Å². The number of halogens is 6. The fourth-order valence-corrected chi connectivity index (χ4v) is 8.67. The number of anilines is 1. The smallest absolute Gasteiger partial charge is 0.454 e. The van der Waals surface area contributed by atoms with Gasteiger partial charge in [0, 0.05) is 135 Å². The van der Waals surface area contributed by atoms with Crippen molar-refractivity contribution in [2.45, 2.75) is 145 Å². The molecule has 3 N–H and O–H groups in total. The quantitative estimate of drug-likeness (QED) is 0.0156. The van der Waals surface area contributed by atoms with Crippen LogP contribution in [0.25, 0.3) is 44.1 Å². The van der Waals surface area contributed by atoms with Gasteiger partial charge in [-0.25, -0.2) is 13.2 Å². The van der Waals surface area contributed by atoms with Crippen LogP contribution in [0.4, 0.5) is 32.2 Å². The molecule has 0 aliphatic carbocycles. The minimum absolute atomic E-state index is 0. The first-order chi connectivity index (χ1) is 42.6. The molecule has 0 aliphatic heterocycles. The average Bonchev–Trinajstić information content (AvgIpc) is 0.911. The van der Waals surface area contributed by atoms with Crippen LogP contribution in [0.15, 0.2) is 170 Å². The zero-order chi connectivity index (χ0) is 66.2. The van der Waals surface area contributed by atoms with E-state index in [0.29, 0.717) is 28.5 Å². The Morgan fingerprint density at radius 3 is 1.96 bits per heavy atom. The number of hydrogen-bond donors (Lipinski definition) is 3. The van der Waals surface area contributed by atoms with E-state index in [0.717, 1.165) is 73.9 Å². The maximum absolute atomic E-state index is 13.9. The van der Waals surface area contributed by atoms with Crippen molar-refractivity contribution >= 4 is 38.9 Å². The van der Waals surface area contributed by atoms with Crippen molar-refractivity contribution in [3.8, 4) is 22.5 Å². The van der Waals surface area contributed by atoms with Gasteiger partial charge in [-0.2, -0.15) is 49.1 Å². The molecule has 9 nitrogen and oxygen atoms in total. The van der Waals surface area contributed by atoms with Gasteiger partial charge in [-0.3, -0.25) is 14.8 Å². The Morgan fingerprint density at radius 1 is 0.713 bits per heavy atom. The molecule has 0 saturated carbocycles. The van der Waals surface area contributed by atoms with Gasteiger partial charge in [0.05, 0.1) is 5.76 Å². The molecule has 2 unspecified atom stereocenters. The minimum atomic E-state index is -4.88. The number of nitrogens with one attached hydrogen (secondary N) is 2. The van der Waals surface area contributed by atoms with Crippen molar-refractivity contribution in [3.05, 3.63) is 240 Å². The molecule has 4 aromatic carbocycles. The number of pyridine rings is 5. The molecule has 5 heterocycles. The SMILES string of the molecule is CC(C)(C)CCc1ccc2cc(-c3[c-]cc4ccccc4c3)ncc2c1.CC(C)CCC(=N)C=[C-]Nc1ccccn1.CC(O)=CC(=O)C(F)(F)F.CCC(C)c1ccnc(C(C)(C)c2[c-]cccc2)c1.CCC(C)c1cnc(-c2[c-]cc(F)nc2F)cc1F.[Ir].[Ir].[Ir].[Pt]. The maximum Gasteiger partial charge on any atom is 0.454 e. The predicted molar refractivity (Wildman–Crippen MR) is 351 cm³/mol. The van der Waals surface area contributed by atoms with Gasteiger partial charge in [0.15, 0.2) is 0 Å². The predicted octanol–water partition coefficient (Wildman–Crippen LogP) is 20.3. The van der Waals surface area contributed by atoms with Crippen LogP contribution in [-0.4, -0.2) is 47.7 Å². The van der Waals surface area contributed by atoms with Crippen LogP contribution in [0.5, 0.6) is 0 Å². The molecule has 2 atom stereocenters. The number of ketones is 1. The molecule has 9 aromatic rings. The Morgan fingerprint density at radius 2 is 1.37 bits per heavy atom. The zero-order valence-corrected chi connectivity index (χ0v) is 64.2. The van der Waals surface area contributed by atoms with E-state index in [1.165, 1.54) is 50.9 Å². The van der Waals surface area contributed by atoms with E-state index in [4.69, 9.17) is 15.5 Å². The molecular weight excluding hydrogens is 1920 g/mol. The number of aliphatic hydroxyl groups excluding tert-OH is 1. The van der Waals surface area contributed by atoms with Gasteiger partial charge in [0.25, 0.3) is 5.78 Å². The van der Waals surface area contributed by atoms with Crippen molar-refractivity contribution < 1.29 is 118 Å². The first-order valence-corrected chi connectivity index (χ1v) is 30.0. The van der Waals surface area contributed by atoms with Gasteiger partial charge in [0.1, 0.15) is 17.7 Å². The van der Waals surface area contributed by atoms with Gasteiger partial charge in [-0.05, 0) is 119 Å². The van der Waals surface area contributed by atoms with Crippen LogP contribution in [0.2, 0.25) is 0 Å². The summed E-state index contributed by atoms with van der Waals surface area (Å²) in [4.78, 5) is 30.3. The van der Waals surface area contributed by atoms with Crippen LogP contribution in [0.3, 0.4) is 0 Å². The number of carbonyl (C=O) groups excluding carboxylic acids is 1. The fourth-order valence-electron chi connectivity index (χ4n) is 8.67. The van der Waals surface area contributed by atoms with Crippen LogP contribution in [0, 0.1) is 58.9 Å².